The van der Waals surface area contributed by atoms with Gasteiger partial charge in [0.1, 0.15) is 19.3 Å². The van der Waals surface area contributed by atoms with Crippen LogP contribution in [0, 0.1) is 11.8 Å². The highest BCUT2D eigenvalue weighted by molar-refractivity contribution is 7.47. The van der Waals surface area contributed by atoms with Gasteiger partial charge in [0.2, 0.25) is 0 Å². The van der Waals surface area contributed by atoms with Gasteiger partial charge in [0.05, 0.1) is 26.4 Å². The van der Waals surface area contributed by atoms with Gasteiger partial charge in [0.15, 0.2) is 12.2 Å². The minimum Gasteiger partial charge on any atom is -0.462 e. The van der Waals surface area contributed by atoms with Crippen LogP contribution in [0.4, 0.5) is 0 Å². The Balaban J connectivity index is 5.23. The van der Waals surface area contributed by atoms with Crippen LogP contribution in [-0.4, -0.2) is 96.7 Å². The lowest BCUT2D eigenvalue weighted by Gasteiger charge is -2.21. The molecule has 3 N–H and O–H groups in total. The van der Waals surface area contributed by atoms with Crippen molar-refractivity contribution in [2.45, 2.75) is 426 Å². The highest BCUT2D eigenvalue weighted by Gasteiger charge is 2.30. The maximum atomic E-state index is 13.1. The first-order valence-electron chi connectivity index (χ1n) is 40.5. The molecule has 0 aromatic carbocycles. The van der Waals surface area contributed by atoms with E-state index in [1.807, 2.05) is 0 Å². The van der Waals surface area contributed by atoms with E-state index in [1.165, 1.54) is 225 Å². The van der Waals surface area contributed by atoms with Crippen molar-refractivity contribution in [3.63, 3.8) is 0 Å². The van der Waals surface area contributed by atoms with Crippen LogP contribution in [0.15, 0.2) is 0 Å². The topological polar surface area (TPSA) is 237 Å². The maximum absolute atomic E-state index is 13.1. The lowest BCUT2D eigenvalue weighted by atomic mass is 9.99. The zero-order valence-corrected chi connectivity index (χ0v) is 65.2. The summed E-state index contributed by atoms with van der Waals surface area (Å²) in [4.78, 5) is 72.9. The Morgan fingerprint density at radius 3 is 0.784 bits per heavy atom. The van der Waals surface area contributed by atoms with Crippen molar-refractivity contribution in [2.24, 2.45) is 11.8 Å². The van der Waals surface area contributed by atoms with Gasteiger partial charge in [0, 0.05) is 25.7 Å². The fourth-order valence-electron chi connectivity index (χ4n) is 12.0. The molecule has 3 unspecified atom stereocenters. The van der Waals surface area contributed by atoms with Gasteiger partial charge in [-0.25, -0.2) is 9.13 Å². The van der Waals surface area contributed by atoms with Gasteiger partial charge < -0.3 is 33.8 Å². The Bertz CT molecular complexity index is 1870. The smallest absolute Gasteiger partial charge is 0.462 e. The number of aliphatic hydroxyl groups excluding tert-OH is 1. The summed E-state index contributed by atoms with van der Waals surface area (Å²) in [6.45, 7) is 9.57. The van der Waals surface area contributed by atoms with Gasteiger partial charge in [-0.15, -0.1) is 0 Å². The minimum absolute atomic E-state index is 0.105. The monoisotopic (exact) mass is 1420 g/mol. The van der Waals surface area contributed by atoms with Crippen LogP contribution in [0.1, 0.15) is 408 Å². The number of carbonyl (C=O) groups is 4. The third kappa shape index (κ3) is 70.9. The molecule has 0 heterocycles. The van der Waals surface area contributed by atoms with E-state index in [0.29, 0.717) is 25.7 Å². The van der Waals surface area contributed by atoms with E-state index >= 15 is 0 Å². The standard InChI is InChI=1S/C78H152O17P2/c1-7-10-12-14-16-18-20-22-24-25-26-27-28-29-31-33-35-44-50-56-62-77(82)94-73(66-88-75(80)60-54-48-42-34-32-30-23-21-19-17-15-13-11-8-2)68-92-96(84,85)90-64-72(79)65-91-97(86,87)93-69-74(67-89-76(81)61-55-49-43-38-36-40-46-52-58-70(4)5)95-78(83)63-57-51-45-39-37-41-47-53-59-71(6)9-3/h70-74,79H,7-69H2,1-6H3,(H,84,85)(H,86,87)/t71?,72-,73-,74-/m1/s1. The Morgan fingerprint density at radius 2 is 0.526 bits per heavy atom. The molecule has 0 saturated carbocycles. The highest BCUT2D eigenvalue weighted by Crippen LogP contribution is 2.45. The number of hydrogen-bond acceptors (Lipinski definition) is 15. The first kappa shape index (κ1) is 95.1. The molecule has 576 valence electrons. The molecule has 0 aromatic heterocycles. The molecule has 17 nitrogen and oxygen atoms in total. The van der Waals surface area contributed by atoms with Crippen LogP contribution < -0.4 is 0 Å². The Morgan fingerprint density at radius 1 is 0.299 bits per heavy atom. The van der Waals surface area contributed by atoms with E-state index in [4.69, 9.17) is 37.0 Å². The minimum atomic E-state index is -4.96. The van der Waals surface area contributed by atoms with Gasteiger partial charge in [-0.3, -0.25) is 37.3 Å². The van der Waals surface area contributed by atoms with E-state index < -0.39 is 97.5 Å². The molecule has 0 aromatic rings. The molecule has 19 heteroatoms. The average molecular weight is 1420 g/mol. The number of unbranched alkanes of at least 4 members (excludes halogenated alkanes) is 46. The third-order valence-corrected chi connectivity index (χ3v) is 20.5. The highest BCUT2D eigenvalue weighted by atomic mass is 31.2. The molecule has 0 aliphatic heterocycles. The molecule has 0 aliphatic rings. The van der Waals surface area contributed by atoms with Crippen LogP contribution in [0.25, 0.3) is 0 Å². The van der Waals surface area contributed by atoms with Crippen LogP contribution in [0.3, 0.4) is 0 Å². The van der Waals surface area contributed by atoms with Gasteiger partial charge >= 0.3 is 39.5 Å². The molecule has 6 atom stereocenters. The number of ether oxygens (including phenoxy) is 4. The van der Waals surface area contributed by atoms with Crippen LogP contribution in [-0.2, 0) is 65.4 Å². The van der Waals surface area contributed by atoms with Gasteiger partial charge in [-0.1, -0.05) is 356 Å². The van der Waals surface area contributed by atoms with Gasteiger partial charge in [-0.2, -0.15) is 0 Å². The summed E-state index contributed by atoms with van der Waals surface area (Å²) in [5.74, 6) is -0.619. The molecule has 0 amide bonds. The summed E-state index contributed by atoms with van der Waals surface area (Å²) in [6, 6.07) is 0. The van der Waals surface area contributed by atoms with E-state index in [-0.39, 0.29) is 25.7 Å². The van der Waals surface area contributed by atoms with Crippen molar-refractivity contribution in [3.05, 3.63) is 0 Å². The lowest BCUT2D eigenvalue weighted by Crippen LogP contribution is -2.30. The Kier molecular flexibility index (Phi) is 68.4. The predicted octanol–water partition coefficient (Wildman–Crippen LogP) is 23.1. The second-order valence-corrected chi connectivity index (χ2v) is 31.7. The second-order valence-electron chi connectivity index (χ2n) is 28.8. The molecule has 0 bridgehead atoms. The van der Waals surface area contributed by atoms with Crippen LogP contribution >= 0.6 is 15.6 Å². The number of phosphoric acid groups is 2. The first-order valence-corrected chi connectivity index (χ1v) is 43.5. The number of esters is 4. The lowest BCUT2D eigenvalue weighted by molar-refractivity contribution is -0.161. The largest absolute Gasteiger partial charge is 0.472 e. The summed E-state index contributed by atoms with van der Waals surface area (Å²) in [5, 5.41) is 10.6. The van der Waals surface area contributed by atoms with Gasteiger partial charge in [-0.05, 0) is 37.5 Å². The Labute approximate surface area is 594 Å². The molecule has 0 rings (SSSR count). The van der Waals surface area contributed by atoms with Gasteiger partial charge in [0.25, 0.3) is 0 Å². The zero-order valence-electron chi connectivity index (χ0n) is 63.4. The zero-order chi connectivity index (χ0) is 71.4. The molecule has 0 radical (unpaired) electrons. The van der Waals surface area contributed by atoms with E-state index in [9.17, 15) is 43.2 Å². The average Bonchev–Trinajstić information content (AvgIpc) is 3.07. The Hall–Kier alpha value is -1.94. The summed E-state index contributed by atoms with van der Waals surface area (Å²) >= 11 is 0. The van der Waals surface area contributed by atoms with Crippen molar-refractivity contribution in [3.8, 4) is 0 Å². The molecule has 0 fully saturated rings. The van der Waals surface area contributed by atoms with Crippen molar-refractivity contribution in [1.82, 2.24) is 0 Å². The molecular formula is C78H152O17P2. The van der Waals surface area contributed by atoms with Crippen molar-refractivity contribution in [1.29, 1.82) is 0 Å². The fraction of sp³-hybridized carbons (Fsp3) is 0.949. The number of aliphatic hydroxyl groups is 1. The number of carbonyl (C=O) groups excluding carboxylic acids is 4. The predicted molar refractivity (Wildman–Crippen MR) is 395 cm³/mol. The summed E-state index contributed by atoms with van der Waals surface area (Å²) in [7, 11) is -9.91. The second kappa shape index (κ2) is 69.8. The number of phosphoric ester groups is 2. The summed E-state index contributed by atoms with van der Waals surface area (Å²) in [5.41, 5.74) is 0. The maximum Gasteiger partial charge on any atom is 0.472 e. The quantitative estimate of drug-likeness (QED) is 0.0222. The molecule has 0 spiro atoms. The van der Waals surface area contributed by atoms with Crippen LogP contribution in [0.2, 0.25) is 0 Å². The SMILES string of the molecule is CCCCCCCCCCCCCCCCCCCCCCC(=O)O[C@H](COC(=O)CCCCCCCCCCCCCCCC)COP(=O)(O)OC[C@@H](O)COP(=O)(O)OC[C@@H](COC(=O)CCCCCCCCCCC(C)C)OC(=O)CCCCCCCCCCC(C)CC. The molecule has 97 heavy (non-hydrogen) atoms. The first-order chi connectivity index (χ1) is 46.9. The third-order valence-electron chi connectivity index (χ3n) is 18.6. The molecular weight excluding hydrogens is 1270 g/mol. The number of hydrogen-bond donors (Lipinski definition) is 3. The summed E-state index contributed by atoms with van der Waals surface area (Å²) in [6.07, 6.45) is 58.3. The van der Waals surface area contributed by atoms with Crippen molar-refractivity contribution < 1.29 is 80.2 Å². The molecule has 0 aliphatic carbocycles. The van der Waals surface area contributed by atoms with Crippen molar-refractivity contribution >= 4 is 39.5 Å². The van der Waals surface area contributed by atoms with Crippen LogP contribution in [0.5, 0.6) is 0 Å². The van der Waals surface area contributed by atoms with Crippen molar-refractivity contribution in [2.75, 3.05) is 39.6 Å². The normalized spacial score (nSPS) is 14.2. The van der Waals surface area contributed by atoms with E-state index in [0.717, 1.165) is 102 Å². The van der Waals surface area contributed by atoms with E-state index in [2.05, 4.69) is 41.5 Å². The van der Waals surface area contributed by atoms with E-state index in [1.54, 1.807) is 0 Å². The summed E-state index contributed by atoms with van der Waals surface area (Å²) < 4.78 is 68.6. The molecule has 0 saturated heterocycles. The fourth-order valence-corrected chi connectivity index (χ4v) is 13.6. The number of rotatable bonds is 77.